The standard InChI is InChI=1S/C14H15N3O2S/c1-8-3-2-4-10-12(8)17-14(20-10)16-11(18)7-15-13(19)9-5-6-9/h2-4,9H,5-7H2,1H3,(H,15,19)(H,16,17,18). The van der Waals surface area contributed by atoms with Gasteiger partial charge in [0.25, 0.3) is 0 Å². The van der Waals surface area contributed by atoms with E-state index in [1.54, 1.807) is 0 Å². The van der Waals surface area contributed by atoms with Crippen molar-refractivity contribution in [3.63, 3.8) is 0 Å². The van der Waals surface area contributed by atoms with Gasteiger partial charge < -0.3 is 10.6 Å². The van der Waals surface area contributed by atoms with Crippen LogP contribution in [0.5, 0.6) is 0 Å². The van der Waals surface area contributed by atoms with Gasteiger partial charge in [0.1, 0.15) is 0 Å². The quantitative estimate of drug-likeness (QED) is 0.905. The predicted octanol–water partition coefficient (Wildman–Crippen LogP) is 2.07. The minimum atomic E-state index is -0.240. The summed E-state index contributed by atoms with van der Waals surface area (Å²) in [5.41, 5.74) is 2.00. The van der Waals surface area contributed by atoms with Crippen molar-refractivity contribution in [2.45, 2.75) is 19.8 Å². The lowest BCUT2D eigenvalue weighted by molar-refractivity contribution is -0.125. The number of aryl methyl sites for hydroxylation is 1. The van der Waals surface area contributed by atoms with Crippen molar-refractivity contribution in [1.29, 1.82) is 0 Å². The fraction of sp³-hybridized carbons (Fsp3) is 0.357. The van der Waals surface area contributed by atoms with Gasteiger partial charge in [0, 0.05) is 5.92 Å². The molecule has 6 heteroatoms. The topological polar surface area (TPSA) is 71.1 Å². The molecule has 2 amide bonds. The van der Waals surface area contributed by atoms with Crippen LogP contribution in [0.25, 0.3) is 10.2 Å². The Labute approximate surface area is 120 Å². The Kier molecular flexibility index (Phi) is 3.40. The van der Waals surface area contributed by atoms with Gasteiger partial charge in [0.05, 0.1) is 16.8 Å². The molecule has 1 heterocycles. The first-order chi connectivity index (χ1) is 9.63. The Bertz CT molecular complexity index is 676. The minimum absolute atomic E-state index is 0.00421. The molecule has 5 nitrogen and oxygen atoms in total. The average Bonchev–Trinajstić information content (AvgIpc) is 3.18. The molecular weight excluding hydrogens is 274 g/mol. The first-order valence-electron chi connectivity index (χ1n) is 6.57. The van der Waals surface area contributed by atoms with E-state index in [1.165, 1.54) is 11.3 Å². The SMILES string of the molecule is Cc1cccc2sc(NC(=O)CNC(=O)C3CC3)nc12. The molecule has 0 aliphatic heterocycles. The Morgan fingerprint density at radius 2 is 2.20 bits per heavy atom. The molecule has 0 atom stereocenters. The normalized spacial score (nSPS) is 14.2. The van der Waals surface area contributed by atoms with Crippen molar-refractivity contribution in [1.82, 2.24) is 10.3 Å². The van der Waals surface area contributed by atoms with Crippen molar-refractivity contribution in [3.8, 4) is 0 Å². The number of para-hydroxylation sites is 1. The maximum Gasteiger partial charge on any atom is 0.245 e. The van der Waals surface area contributed by atoms with Gasteiger partial charge >= 0.3 is 0 Å². The number of aromatic nitrogens is 1. The largest absolute Gasteiger partial charge is 0.347 e. The van der Waals surface area contributed by atoms with E-state index in [1.807, 2.05) is 25.1 Å². The van der Waals surface area contributed by atoms with Gasteiger partial charge in [-0.15, -0.1) is 0 Å². The average molecular weight is 289 g/mol. The highest BCUT2D eigenvalue weighted by atomic mass is 32.1. The molecule has 0 unspecified atom stereocenters. The molecule has 2 N–H and O–H groups in total. The second-order valence-electron chi connectivity index (χ2n) is 4.98. The second kappa shape index (κ2) is 5.20. The summed E-state index contributed by atoms with van der Waals surface area (Å²) < 4.78 is 1.04. The third kappa shape index (κ3) is 2.80. The van der Waals surface area contributed by atoms with E-state index < -0.39 is 0 Å². The molecule has 1 aliphatic rings. The van der Waals surface area contributed by atoms with Crippen molar-refractivity contribution >= 4 is 38.5 Å². The summed E-state index contributed by atoms with van der Waals surface area (Å²) in [5, 5.41) is 5.93. The Hall–Kier alpha value is -1.95. The number of thiazole rings is 1. The maximum absolute atomic E-state index is 11.8. The number of anilines is 1. The fourth-order valence-corrected chi connectivity index (χ4v) is 2.92. The number of nitrogens with zero attached hydrogens (tertiary/aromatic N) is 1. The van der Waals surface area contributed by atoms with E-state index in [-0.39, 0.29) is 24.3 Å². The Morgan fingerprint density at radius 3 is 2.90 bits per heavy atom. The molecule has 3 rings (SSSR count). The number of carbonyl (C=O) groups is 2. The van der Waals surface area contributed by atoms with E-state index in [0.717, 1.165) is 28.6 Å². The summed E-state index contributed by atoms with van der Waals surface area (Å²) in [6.45, 7) is 1.99. The molecule has 1 aromatic carbocycles. The van der Waals surface area contributed by atoms with Crippen molar-refractivity contribution < 1.29 is 9.59 Å². The van der Waals surface area contributed by atoms with Crippen LogP contribution in [-0.2, 0) is 9.59 Å². The van der Waals surface area contributed by atoms with Crippen molar-refractivity contribution in [2.75, 3.05) is 11.9 Å². The highest BCUT2D eigenvalue weighted by Gasteiger charge is 2.29. The molecule has 1 saturated carbocycles. The summed E-state index contributed by atoms with van der Waals surface area (Å²) in [6.07, 6.45) is 1.87. The van der Waals surface area contributed by atoms with E-state index >= 15 is 0 Å². The summed E-state index contributed by atoms with van der Waals surface area (Å²) in [7, 11) is 0. The van der Waals surface area contributed by atoms with Crippen LogP contribution < -0.4 is 10.6 Å². The predicted molar refractivity (Wildman–Crippen MR) is 78.7 cm³/mol. The first-order valence-corrected chi connectivity index (χ1v) is 7.39. The molecule has 104 valence electrons. The highest BCUT2D eigenvalue weighted by Crippen LogP contribution is 2.29. The van der Waals surface area contributed by atoms with Crippen molar-refractivity contribution in [2.24, 2.45) is 5.92 Å². The van der Waals surface area contributed by atoms with Crippen LogP contribution in [0, 0.1) is 12.8 Å². The van der Waals surface area contributed by atoms with Crippen molar-refractivity contribution in [3.05, 3.63) is 23.8 Å². The summed E-state index contributed by atoms with van der Waals surface area (Å²) in [6, 6.07) is 5.94. The van der Waals surface area contributed by atoms with Gasteiger partial charge in [-0.25, -0.2) is 4.98 Å². The van der Waals surface area contributed by atoms with E-state index in [2.05, 4.69) is 15.6 Å². The van der Waals surface area contributed by atoms with Gasteiger partial charge in [0.2, 0.25) is 11.8 Å². The number of nitrogens with one attached hydrogen (secondary N) is 2. The molecule has 2 aromatic rings. The summed E-state index contributed by atoms with van der Waals surface area (Å²) in [4.78, 5) is 27.6. The number of hydrogen-bond donors (Lipinski definition) is 2. The van der Waals surface area contributed by atoms with Crippen LogP contribution >= 0.6 is 11.3 Å². The molecule has 1 aromatic heterocycles. The van der Waals surface area contributed by atoms with Crippen LogP contribution in [0.3, 0.4) is 0 Å². The Balaban J connectivity index is 1.62. The zero-order chi connectivity index (χ0) is 14.1. The van der Waals surface area contributed by atoms with Gasteiger partial charge in [0.15, 0.2) is 5.13 Å². The lowest BCUT2D eigenvalue weighted by Crippen LogP contribution is -2.33. The van der Waals surface area contributed by atoms with E-state index in [9.17, 15) is 9.59 Å². The number of fused-ring (bicyclic) bond motifs is 1. The fourth-order valence-electron chi connectivity index (χ4n) is 1.96. The zero-order valence-electron chi connectivity index (χ0n) is 11.1. The van der Waals surface area contributed by atoms with Gasteiger partial charge in [-0.2, -0.15) is 0 Å². The summed E-state index contributed by atoms with van der Waals surface area (Å²) >= 11 is 1.44. The van der Waals surface area contributed by atoms with Gasteiger partial charge in [-0.05, 0) is 31.4 Å². The zero-order valence-corrected chi connectivity index (χ0v) is 11.9. The van der Waals surface area contributed by atoms with Crippen LogP contribution in [0.1, 0.15) is 18.4 Å². The van der Waals surface area contributed by atoms with Gasteiger partial charge in [-0.1, -0.05) is 23.5 Å². The van der Waals surface area contributed by atoms with Gasteiger partial charge in [-0.3, -0.25) is 9.59 Å². The molecule has 0 spiro atoms. The lowest BCUT2D eigenvalue weighted by Gasteiger charge is -2.03. The highest BCUT2D eigenvalue weighted by molar-refractivity contribution is 7.22. The van der Waals surface area contributed by atoms with Crippen LogP contribution in [0.2, 0.25) is 0 Å². The first kappa shape index (κ1) is 13.1. The molecule has 1 aliphatic carbocycles. The van der Waals surface area contributed by atoms with E-state index in [0.29, 0.717) is 5.13 Å². The molecule has 1 fully saturated rings. The second-order valence-corrected chi connectivity index (χ2v) is 6.01. The third-order valence-corrected chi connectivity index (χ3v) is 4.17. The number of amides is 2. The van der Waals surface area contributed by atoms with Crippen LogP contribution in [0.4, 0.5) is 5.13 Å². The molecular formula is C14H15N3O2S. The van der Waals surface area contributed by atoms with E-state index in [4.69, 9.17) is 0 Å². The van der Waals surface area contributed by atoms with Crippen LogP contribution in [0.15, 0.2) is 18.2 Å². The molecule has 0 bridgehead atoms. The lowest BCUT2D eigenvalue weighted by atomic mass is 10.2. The third-order valence-electron chi connectivity index (χ3n) is 3.24. The number of rotatable bonds is 4. The monoisotopic (exact) mass is 289 g/mol. The maximum atomic E-state index is 11.8. The number of benzene rings is 1. The summed E-state index contributed by atoms with van der Waals surface area (Å²) in [5.74, 6) is -0.149. The molecule has 0 radical (unpaired) electrons. The molecule has 0 saturated heterocycles. The number of carbonyl (C=O) groups excluding carboxylic acids is 2. The number of hydrogen-bond acceptors (Lipinski definition) is 4. The minimum Gasteiger partial charge on any atom is -0.347 e. The Morgan fingerprint density at radius 1 is 1.40 bits per heavy atom. The van der Waals surface area contributed by atoms with Crippen LogP contribution in [-0.4, -0.2) is 23.3 Å². The smallest absolute Gasteiger partial charge is 0.245 e. The molecule has 20 heavy (non-hydrogen) atoms.